The van der Waals surface area contributed by atoms with Gasteiger partial charge in [-0.3, -0.25) is 0 Å². The summed E-state index contributed by atoms with van der Waals surface area (Å²) in [6.07, 6.45) is 5.47. The molecule has 1 aliphatic carbocycles. The van der Waals surface area contributed by atoms with Crippen LogP contribution < -0.4 is 11.5 Å². The molecule has 3 atom stereocenters. The minimum Gasteiger partial charge on any atom is -0.348 e. The molecule has 12 heavy (non-hydrogen) atoms. The number of hydrogen-bond acceptors (Lipinski definition) is 3. The zero-order valence-corrected chi connectivity index (χ0v) is 7.68. The highest BCUT2D eigenvalue weighted by atomic mass is 16.6. The average molecular weight is 170 g/mol. The predicted molar refractivity (Wildman–Crippen MR) is 47.5 cm³/mol. The summed E-state index contributed by atoms with van der Waals surface area (Å²) in [6, 6.07) is 0. The van der Waals surface area contributed by atoms with Gasteiger partial charge in [-0.15, -0.1) is 0 Å². The molecule has 70 valence electrons. The number of fused-ring (bicyclic) bond motifs is 1. The number of hydrogen-bond donors (Lipinski definition) is 2. The van der Waals surface area contributed by atoms with E-state index in [1.54, 1.807) is 0 Å². The van der Waals surface area contributed by atoms with Crippen LogP contribution >= 0.6 is 0 Å². The summed E-state index contributed by atoms with van der Waals surface area (Å²) in [5.41, 5.74) is 11.7. The third kappa shape index (κ3) is 1.08. The monoisotopic (exact) mass is 170 g/mol. The third-order valence-corrected chi connectivity index (χ3v) is 3.17. The largest absolute Gasteiger partial charge is 0.348 e. The Bertz CT molecular complexity index is 193. The molecule has 2 aliphatic rings. The minimum atomic E-state index is -0.345. The summed E-state index contributed by atoms with van der Waals surface area (Å²) in [4.78, 5) is 0. The molecule has 4 N–H and O–H groups in total. The smallest absolute Gasteiger partial charge is 0.145 e. The Labute approximate surface area is 73.4 Å². The van der Waals surface area contributed by atoms with Crippen LogP contribution in [-0.4, -0.2) is 17.4 Å². The fourth-order valence-electron chi connectivity index (χ4n) is 2.53. The van der Waals surface area contributed by atoms with Crippen LogP contribution in [0.2, 0.25) is 0 Å². The number of nitrogens with two attached hydrogens (primary N) is 2. The Hall–Kier alpha value is -0.120. The van der Waals surface area contributed by atoms with Crippen LogP contribution in [0, 0.1) is 0 Å². The first-order valence-corrected chi connectivity index (χ1v) is 4.86. The lowest BCUT2D eigenvalue weighted by molar-refractivity contribution is 0.258. The van der Waals surface area contributed by atoms with E-state index in [1.807, 2.05) is 0 Å². The van der Waals surface area contributed by atoms with E-state index in [9.17, 15) is 0 Å². The minimum absolute atomic E-state index is 0.123. The SMILES string of the molecule is CCCC1(N)CCCC2(N)OC12. The van der Waals surface area contributed by atoms with Crippen molar-refractivity contribution in [1.82, 2.24) is 0 Å². The van der Waals surface area contributed by atoms with Crippen molar-refractivity contribution in [2.24, 2.45) is 11.5 Å². The number of epoxide rings is 1. The van der Waals surface area contributed by atoms with Gasteiger partial charge in [0.1, 0.15) is 11.8 Å². The Morgan fingerprint density at radius 3 is 2.83 bits per heavy atom. The lowest BCUT2D eigenvalue weighted by atomic mass is 9.77. The molecule has 3 unspecified atom stereocenters. The Morgan fingerprint density at radius 2 is 2.17 bits per heavy atom. The van der Waals surface area contributed by atoms with Crippen LogP contribution in [0.15, 0.2) is 0 Å². The maximum atomic E-state index is 6.23. The molecule has 0 radical (unpaired) electrons. The van der Waals surface area contributed by atoms with E-state index in [0.717, 1.165) is 32.1 Å². The quantitative estimate of drug-likeness (QED) is 0.600. The zero-order chi connectivity index (χ0) is 8.82. The topological polar surface area (TPSA) is 64.6 Å². The second-order valence-electron chi connectivity index (χ2n) is 4.29. The van der Waals surface area contributed by atoms with Crippen LogP contribution in [0.1, 0.15) is 39.0 Å². The molecular formula is C9H18N2O. The van der Waals surface area contributed by atoms with Gasteiger partial charge in [0.05, 0.1) is 0 Å². The van der Waals surface area contributed by atoms with Gasteiger partial charge in [0.25, 0.3) is 0 Å². The van der Waals surface area contributed by atoms with Crippen molar-refractivity contribution in [2.45, 2.75) is 56.4 Å². The third-order valence-electron chi connectivity index (χ3n) is 3.17. The summed E-state index contributed by atoms with van der Waals surface area (Å²) in [5, 5.41) is 0. The van der Waals surface area contributed by atoms with E-state index in [1.165, 1.54) is 0 Å². The lowest BCUT2D eigenvalue weighted by Crippen LogP contribution is -2.52. The Morgan fingerprint density at radius 1 is 1.42 bits per heavy atom. The summed E-state index contributed by atoms with van der Waals surface area (Å²) in [7, 11) is 0. The Kier molecular flexibility index (Phi) is 1.72. The number of ether oxygens (including phenoxy) is 1. The highest BCUT2D eigenvalue weighted by Gasteiger charge is 2.64. The molecule has 1 aliphatic heterocycles. The first kappa shape index (κ1) is 8.48. The number of rotatable bonds is 2. The molecule has 0 spiro atoms. The van der Waals surface area contributed by atoms with Crippen molar-refractivity contribution in [3.05, 3.63) is 0 Å². The Balaban J connectivity index is 2.07. The molecule has 3 heteroatoms. The fourth-order valence-corrected chi connectivity index (χ4v) is 2.53. The molecule has 0 aromatic heterocycles. The van der Waals surface area contributed by atoms with Crippen LogP contribution in [0.3, 0.4) is 0 Å². The first-order chi connectivity index (χ1) is 5.61. The summed E-state index contributed by atoms with van der Waals surface area (Å²) in [5.74, 6) is 0. The van der Waals surface area contributed by atoms with Gasteiger partial charge in [0.2, 0.25) is 0 Å². The molecule has 1 saturated carbocycles. The van der Waals surface area contributed by atoms with E-state index in [0.29, 0.717) is 0 Å². The molecule has 2 fully saturated rings. The van der Waals surface area contributed by atoms with Crippen LogP contribution in [-0.2, 0) is 4.74 Å². The average Bonchev–Trinajstić information content (AvgIpc) is 2.64. The van der Waals surface area contributed by atoms with Gasteiger partial charge in [0, 0.05) is 5.54 Å². The van der Waals surface area contributed by atoms with Gasteiger partial charge >= 0.3 is 0 Å². The van der Waals surface area contributed by atoms with Crippen molar-refractivity contribution >= 4 is 0 Å². The lowest BCUT2D eigenvalue weighted by Gasteiger charge is -2.32. The molecule has 1 heterocycles. The van der Waals surface area contributed by atoms with Gasteiger partial charge in [-0.25, -0.2) is 0 Å². The molecule has 0 aromatic rings. The van der Waals surface area contributed by atoms with E-state index < -0.39 is 0 Å². The van der Waals surface area contributed by atoms with Crippen molar-refractivity contribution in [2.75, 3.05) is 0 Å². The summed E-state index contributed by atoms with van der Waals surface area (Å²) in [6.45, 7) is 2.16. The first-order valence-electron chi connectivity index (χ1n) is 4.86. The zero-order valence-electron chi connectivity index (χ0n) is 7.68. The maximum absolute atomic E-state index is 6.23. The van der Waals surface area contributed by atoms with Gasteiger partial charge in [-0.05, 0) is 25.7 Å². The molecule has 3 nitrogen and oxygen atoms in total. The van der Waals surface area contributed by atoms with Gasteiger partial charge in [0.15, 0.2) is 0 Å². The highest BCUT2D eigenvalue weighted by molar-refractivity contribution is 5.14. The van der Waals surface area contributed by atoms with Crippen LogP contribution in [0.5, 0.6) is 0 Å². The van der Waals surface area contributed by atoms with E-state index in [2.05, 4.69) is 6.92 Å². The van der Waals surface area contributed by atoms with Crippen molar-refractivity contribution in [3.8, 4) is 0 Å². The van der Waals surface area contributed by atoms with E-state index in [-0.39, 0.29) is 17.4 Å². The van der Waals surface area contributed by atoms with E-state index >= 15 is 0 Å². The van der Waals surface area contributed by atoms with Crippen LogP contribution in [0.25, 0.3) is 0 Å². The molecule has 0 aromatic carbocycles. The van der Waals surface area contributed by atoms with Gasteiger partial charge < -0.3 is 16.2 Å². The van der Waals surface area contributed by atoms with E-state index in [4.69, 9.17) is 16.2 Å². The maximum Gasteiger partial charge on any atom is 0.145 e. The molecular weight excluding hydrogens is 152 g/mol. The van der Waals surface area contributed by atoms with Gasteiger partial charge in [-0.2, -0.15) is 0 Å². The van der Waals surface area contributed by atoms with Crippen molar-refractivity contribution < 1.29 is 4.74 Å². The fraction of sp³-hybridized carbons (Fsp3) is 1.00. The van der Waals surface area contributed by atoms with Crippen molar-refractivity contribution in [3.63, 3.8) is 0 Å². The second kappa shape index (κ2) is 2.44. The van der Waals surface area contributed by atoms with Crippen molar-refractivity contribution in [1.29, 1.82) is 0 Å². The molecule has 0 bridgehead atoms. The summed E-state index contributed by atoms with van der Waals surface area (Å²) < 4.78 is 5.49. The standard InChI is InChI=1S/C9H18N2O/c1-2-4-8(10)5-3-6-9(11)7(8)12-9/h7H,2-6,10-11H2,1H3. The highest BCUT2D eigenvalue weighted by Crippen LogP contribution is 2.49. The predicted octanol–water partition coefficient (Wildman–Crippen LogP) is 0.722. The van der Waals surface area contributed by atoms with Crippen LogP contribution in [0.4, 0.5) is 0 Å². The molecule has 2 rings (SSSR count). The molecule has 1 saturated heterocycles. The normalized spacial score (nSPS) is 51.8. The summed E-state index contributed by atoms with van der Waals surface area (Å²) >= 11 is 0. The second-order valence-corrected chi connectivity index (χ2v) is 4.29. The van der Waals surface area contributed by atoms with Gasteiger partial charge in [-0.1, -0.05) is 13.3 Å². The molecule has 0 amide bonds.